The fraction of sp³-hybridized carbons (Fsp3) is 0.421. The third-order valence-electron chi connectivity index (χ3n) is 5.53. The van der Waals surface area contributed by atoms with E-state index < -0.39 is 11.5 Å². The fourth-order valence-electron chi connectivity index (χ4n) is 3.94. The number of nitrogens with zero attached hydrogens (tertiary/aromatic N) is 3. The molecule has 3 heterocycles. The Labute approximate surface area is 151 Å². The van der Waals surface area contributed by atoms with Gasteiger partial charge in [-0.25, -0.2) is 9.78 Å². The highest BCUT2D eigenvalue weighted by molar-refractivity contribution is 5.81. The van der Waals surface area contributed by atoms with Crippen LogP contribution in [0.25, 0.3) is 0 Å². The molecule has 0 spiro atoms. The predicted molar refractivity (Wildman–Crippen MR) is 92.8 cm³/mol. The summed E-state index contributed by atoms with van der Waals surface area (Å²) in [6, 6.07) is 7.78. The highest BCUT2D eigenvalue weighted by Gasteiger charge is 2.44. The number of imidazole rings is 1. The van der Waals surface area contributed by atoms with E-state index in [4.69, 9.17) is 4.74 Å². The van der Waals surface area contributed by atoms with Crippen molar-refractivity contribution >= 4 is 11.9 Å². The van der Waals surface area contributed by atoms with Crippen molar-refractivity contribution in [2.75, 3.05) is 19.7 Å². The van der Waals surface area contributed by atoms with Crippen molar-refractivity contribution in [1.82, 2.24) is 14.5 Å². The van der Waals surface area contributed by atoms with E-state index in [1.807, 2.05) is 24.3 Å². The second-order valence-electron chi connectivity index (χ2n) is 6.95. The molecule has 0 bridgehead atoms. The summed E-state index contributed by atoms with van der Waals surface area (Å²) in [6.07, 6.45) is 6.20. The molecular formula is C19H21N3O4. The number of amides is 1. The molecule has 1 aromatic heterocycles. The van der Waals surface area contributed by atoms with Crippen LogP contribution < -0.4 is 4.74 Å². The summed E-state index contributed by atoms with van der Waals surface area (Å²) < 4.78 is 7.38. The molecule has 1 aromatic carbocycles. The van der Waals surface area contributed by atoms with Crippen LogP contribution in [0.15, 0.2) is 43.0 Å². The SMILES string of the molecule is O=C(C1COc2ccccc2C1)N1CCC(C(=O)O)(n2ccnc2)CC1. The molecule has 2 aromatic rings. The quantitative estimate of drug-likeness (QED) is 0.903. The summed E-state index contributed by atoms with van der Waals surface area (Å²) in [7, 11) is 0. The third kappa shape index (κ3) is 2.73. The molecule has 1 N–H and O–H groups in total. The van der Waals surface area contributed by atoms with Gasteiger partial charge < -0.3 is 19.3 Å². The van der Waals surface area contributed by atoms with Crippen LogP contribution in [-0.4, -0.2) is 51.1 Å². The largest absolute Gasteiger partial charge is 0.492 e. The minimum atomic E-state index is -1.02. The first-order valence-electron chi connectivity index (χ1n) is 8.81. The third-order valence-corrected chi connectivity index (χ3v) is 5.53. The van der Waals surface area contributed by atoms with Gasteiger partial charge >= 0.3 is 5.97 Å². The van der Waals surface area contributed by atoms with E-state index in [1.165, 1.54) is 6.33 Å². The Kier molecular flexibility index (Phi) is 4.14. The van der Waals surface area contributed by atoms with Crippen LogP contribution in [0, 0.1) is 5.92 Å². The molecular weight excluding hydrogens is 334 g/mol. The fourth-order valence-corrected chi connectivity index (χ4v) is 3.94. The first-order valence-corrected chi connectivity index (χ1v) is 8.81. The number of piperidine rings is 1. The molecule has 0 aliphatic carbocycles. The van der Waals surface area contributed by atoms with Gasteiger partial charge in [0.15, 0.2) is 0 Å². The van der Waals surface area contributed by atoms with Gasteiger partial charge in [-0.15, -0.1) is 0 Å². The van der Waals surface area contributed by atoms with Crippen molar-refractivity contribution in [3.05, 3.63) is 48.5 Å². The number of rotatable bonds is 3. The van der Waals surface area contributed by atoms with Crippen molar-refractivity contribution in [2.45, 2.75) is 24.8 Å². The first-order chi connectivity index (χ1) is 12.6. The monoisotopic (exact) mass is 355 g/mol. The van der Waals surface area contributed by atoms with Gasteiger partial charge in [-0.2, -0.15) is 0 Å². The van der Waals surface area contributed by atoms with Crippen molar-refractivity contribution in [3.8, 4) is 5.75 Å². The Hall–Kier alpha value is -2.83. The highest BCUT2D eigenvalue weighted by atomic mass is 16.5. The topological polar surface area (TPSA) is 84.7 Å². The molecule has 1 atom stereocenters. The smallest absolute Gasteiger partial charge is 0.330 e. The van der Waals surface area contributed by atoms with Gasteiger partial charge in [-0.1, -0.05) is 18.2 Å². The van der Waals surface area contributed by atoms with E-state index in [9.17, 15) is 14.7 Å². The number of ether oxygens (including phenoxy) is 1. The van der Waals surface area contributed by atoms with Crippen molar-refractivity contribution in [1.29, 1.82) is 0 Å². The van der Waals surface area contributed by atoms with Gasteiger partial charge in [-0.3, -0.25) is 4.79 Å². The average molecular weight is 355 g/mol. The van der Waals surface area contributed by atoms with Crippen LogP contribution in [0.3, 0.4) is 0 Å². The lowest BCUT2D eigenvalue weighted by atomic mass is 9.86. The van der Waals surface area contributed by atoms with Gasteiger partial charge in [0.2, 0.25) is 5.91 Å². The molecule has 2 aliphatic heterocycles. The van der Waals surface area contributed by atoms with E-state index in [0.29, 0.717) is 39.0 Å². The molecule has 2 aliphatic rings. The molecule has 1 saturated heterocycles. The zero-order chi connectivity index (χ0) is 18.1. The Bertz CT molecular complexity index is 810. The number of hydrogen-bond donors (Lipinski definition) is 1. The Morgan fingerprint density at radius 2 is 2.00 bits per heavy atom. The van der Waals surface area contributed by atoms with E-state index in [2.05, 4.69) is 4.98 Å². The second-order valence-corrected chi connectivity index (χ2v) is 6.95. The normalized spacial score (nSPS) is 21.5. The zero-order valence-corrected chi connectivity index (χ0v) is 14.4. The molecule has 0 saturated carbocycles. The number of aliphatic carboxylic acids is 1. The maximum Gasteiger partial charge on any atom is 0.330 e. The lowest BCUT2D eigenvalue weighted by Crippen LogP contribution is -2.53. The summed E-state index contributed by atoms with van der Waals surface area (Å²) in [5, 5.41) is 9.77. The molecule has 7 nitrogen and oxygen atoms in total. The van der Waals surface area contributed by atoms with Crippen molar-refractivity contribution < 1.29 is 19.4 Å². The minimum absolute atomic E-state index is 0.0455. The van der Waals surface area contributed by atoms with Gasteiger partial charge in [0.05, 0.1) is 12.2 Å². The number of benzene rings is 1. The summed E-state index contributed by atoms with van der Waals surface area (Å²) in [6.45, 7) is 1.21. The lowest BCUT2D eigenvalue weighted by Gasteiger charge is -2.41. The van der Waals surface area contributed by atoms with Crippen LogP contribution >= 0.6 is 0 Å². The van der Waals surface area contributed by atoms with Crippen molar-refractivity contribution in [3.63, 3.8) is 0 Å². The van der Waals surface area contributed by atoms with Crippen LogP contribution in [0.4, 0.5) is 0 Å². The number of likely N-dealkylation sites (tertiary alicyclic amines) is 1. The summed E-state index contributed by atoms with van der Waals surface area (Å²) in [4.78, 5) is 30.6. The predicted octanol–water partition coefficient (Wildman–Crippen LogP) is 1.54. The minimum Gasteiger partial charge on any atom is -0.492 e. The van der Waals surface area contributed by atoms with E-state index in [1.54, 1.807) is 21.9 Å². The molecule has 1 amide bonds. The standard InChI is InChI=1S/C19H21N3O4/c23-17(15-11-14-3-1-2-4-16(14)26-12-15)21-8-5-19(6-9-21,18(24)25)22-10-7-20-13-22/h1-4,7,10,13,15H,5-6,8-9,11-12H2,(H,24,25). The van der Waals surface area contributed by atoms with Gasteiger partial charge in [-0.05, 0) is 30.9 Å². The molecule has 136 valence electrons. The average Bonchev–Trinajstić information content (AvgIpc) is 3.22. The van der Waals surface area contributed by atoms with E-state index in [0.717, 1.165) is 11.3 Å². The number of carbonyl (C=O) groups is 2. The maximum atomic E-state index is 12.9. The maximum absolute atomic E-state index is 12.9. The van der Waals surface area contributed by atoms with Gasteiger partial charge in [0, 0.05) is 25.5 Å². The summed E-state index contributed by atoms with van der Waals surface area (Å²) in [5.41, 5.74) is 0.0237. The second kappa shape index (κ2) is 6.48. The van der Waals surface area contributed by atoms with Crippen molar-refractivity contribution in [2.24, 2.45) is 5.92 Å². The first kappa shape index (κ1) is 16.6. The molecule has 26 heavy (non-hydrogen) atoms. The molecule has 1 unspecified atom stereocenters. The lowest BCUT2D eigenvalue weighted by molar-refractivity contribution is -0.153. The number of para-hydroxylation sites is 1. The van der Waals surface area contributed by atoms with Crippen LogP contribution in [0.5, 0.6) is 5.75 Å². The van der Waals surface area contributed by atoms with Crippen LogP contribution in [0.2, 0.25) is 0 Å². The molecule has 1 fully saturated rings. The number of aromatic nitrogens is 2. The molecule has 0 radical (unpaired) electrons. The zero-order valence-electron chi connectivity index (χ0n) is 14.4. The van der Waals surface area contributed by atoms with E-state index >= 15 is 0 Å². The number of carbonyl (C=O) groups excluding carboxylic acids is 1. The Balaban J connectivity index is 1.45. The van der Waals surface area contributed by atoms with Gasteiger partial charge in [0.1, 0.15) is 17.9 Å². The summed E-state index contributed by atoms with van der Waals surface area (Å²) in [5.74, 6) is -0.197. The molecule has 7 heteroatoms. The number of hydrogen-bond acceptors (Lipinski definition) is 4. The van der Waals surface area contributed by atoms with Crippen LogP contribution in [-0.2, 0) is 21.5 Å². The van der Waals surface area contributed by atoms with E-state index in [-0.39, 0.29) is 11.8 Å². The highest BCUT2D eigenvalue weighted by Crippen LogP contribution is 2.33. The Morgan fingerprint density at radius 3 is 2.69 bits per heavy atom. The van der Waals surface area contributed by atoms with Crippen LogP contribution in [0.1, 0.15) is 18.4 Å². The molecule has 4 rings (SSSR count). The van der Waals surface area contributed by atoms with Gasteiger partial charge in [0.25, 0.3) is 0 Å². The summed E-state index contributed by atoms with van der Waals surface area (Å²) >= 11 is 0. The number of carboxylic acid groups (broad SMARTS) is 1. The number of fused-ring (bicyclic) bond motifs is 1. The number of carboxylic acids is 1. The Morgan fingerprint density at radius 1 is 1.23 bits per heavy atom.